The molecule has 0 aromatic rings. The predicted molar refractivity (Wildman–Crippen MR) is 78.2 cm³/mol. The van der Waals surface area contributed by atoms with Gasteiger partial charge in [0, 0.05) is 19.6 Å². The molecule has 1 saturated heterocycles. The van der Waals surface area contributed by atoms with Crippen LogP contribution in [0.4, 0.5) is 0 Å². The summed E-state index contributed by atoms with van der Waals surface area (Å²) in [5, 5.41) is 10.1. The summed E-state index contributed by atoms with van der Waals surface area (Å²) in [6.07, 6.45) is 7.72. The van der Waals surface area contributed by atoms with E-state index in [4.69, 9.17) is 4.74 Å². The number of ether oxygens (including phenoxy) is 1. The number of rotatable bonds is 5. The summed E-state index contributed by atoms with van der Waals surface area (Å²) in [6.45, 7) is 8.18. The monoisotopic (exact) mass is 269 g/mol. The van der Waals surface area contributed by atoms with Crippen molar-refractivity contribution in [3.05, 3.63) is 0 Å². The van der Waals surface area contributed by atoms with E-state index in [0.717, 1.165) is 31.5 Å². The van der Waals surface area contributed by atoms with Crippen molar-refractivity contribution in [2.75, 3.05) is 26.2 Å². The molecule has 3 heteroatoms. The highest BCUT2D eigenvalue weighted by Gasteiger charge is 2.24. The van der Waals surface area contributed by atoms with E-state index in [1.165, 1.54) is 38.5 Å². The van der Waals surface area contributed by atoms with Crippen molar-refractivity contribution in [1.82, 2.24) is 4.90 Å². The van der Waals surface area contributed by atoms with Crippen molar-refractivity contribution in [2.24, 2.45) is 11.8 Å². The lowest BCUT2D eigenvalue weighted by Gasteiger charge is -2.36. The van der Waals surface area contributed by atoms with Crippen LogP contribution in [0.3, 0.4) is 0 Å². The number of aliphatic hydroxyl groups excluding tert-OH is 1. The lowest BCUT2D eigenvalue weighted by atomic mass is 9.92. The highest BCUT2D eigenvalue weighted by atomic mass is 16.5. The van der Waals surface area contributed by atoms with Crippen molar-refractivity contribution in [1.29, 1.82) is 0 Å². The Morgan fingerprint density at radius 3 is 2.37 bits per heavy atom. The van der Waals surface area contributed by atoms with E-state index in [2.05, 4.69) is 18.7 Å². The fourth-order valence-electron chi connectivity index (χ4n) is 3.77. The number of nitrogens with zero attached hydrogens (tertiary/aromatic N) is 1. The molecular formula is C16H31NO2. The summed E-state index contributed by atoms with van der Waals surface area (Å²) in [5.41, 5.74) is 0. The van der Waals surface area contributed by atoms with Crippen LogP contribution >= 0.6 is 0 Å². The molecule has 1 aliphatic carbocycles. The molecule has 3 atom stereocenters. The maximum atomic E-state index is 10.1. The van der Waals surface area contributed by atoms with E-state index in [1.54, 1.807) is 0 Å². The zero-order chi connectivity index (χ0) is 13.7. The molecule has 0 spiro atoms. The van der Waals surface area contributed by atoms with Gasteiger partial charge in [-0.1, -0.05) is 33.1 Å². The lowest BCUT2D eigenvalue weighted by Crippen LogP contribution is -2.44. The van der Waals surface area contributed by atoms with Crippen molar-refractivity contribution in [2.45, 2.75) is 64.6 Å². The third-order valence-electron chi connectivity index (χ3n) is 4.49. The second-order valence-electron chi connectivity index (χ2n) is 6.91. The van der Waals surface area contributed by atoms with Gasteiger partial charge in [-0.15, -0.1) is 0 Å². The molecule has 1 saturated carbocycles. The first-order valence-electron chi connectivity index (χ1n) is 8.15. The Bertz CT molecular complexity index is 243. The van der Waals surface area contributed by atoms with E-state index >= 15 is 0 Å². The van der Waals surface area contributed by atoms with Gasteiger partial charge >= 0.3 is 0 Å². The van der Waals surface area contributed by atoms with Crippen molar-refractivity contribution in [3.63, 3.8) is 0 Å². The summed E-state index contributed by atoms with van der Waals surface area (Å²) in [5.74, 6) is 1.52. The van der Waals surface area contributed by atoms with Gasteiger partial charge < -0.3 is 14.7 Å². The molecule has 1 N–H and O–H groups in total. The summed E-state index contributed by atoms with van der Waals surface area (Å²) < 4.78 is 5.86. The molecule has 3 nitrogen and oxygen atoms in total. The van der Waals surface area contributed by atoms with Crippen LogP contribution in [0.1, 0.15) is 52.4 Å². The SMILES string of the molecule is C[C@H]1C[C@H](C)CN(C[C@H](O)COC2CCCCC2)C1. The van der Waals surface area contributed by atoms with E-state index in [0.29, 0.717) is 12.7 Å². The number of aliphatic hydroxyl groups is 1. The second kappa shape index (κ2) is 7.61. The molecule has 1 heterocycles. The quantitative estimate of drug-likeness (QED) is 0.833. The Morgan fingerprint density at radius 1 is 1.11 bits per heavy atom. The highest BCUT2D eigenvalue weighted by Crippen LogP contribution is 2.22. The van der Waals surface area contributed by atoms with Crippen LogP contribution in [0.5, 0.6) is 0 Å². The summed E-state index contributed by atoms with van der Waals surface area (Å²) in [7, 11) is 0. The average Bonchev–Trinajstić information content (AvgIpc) is 2.36. The van der Waals surface area contributed by atoms with E-state index in [1.807, 2.05) is 0 Å². The molecule has 0 bridgehead atoms. The van der Waals surface area contributed by atoms with Gasteiger partial charge in [-0.2, -0.15) is 0 Å². The van der Waals surface area contributed by atoms with Gasteiger partial charge in [0.25, 0.3) is 0 Å². The van der Waals surface area contributed by atoms with Crippen LogP contribution in [0.15, 0.2) is 0 Å². The van der Waals surface area contributed by atoms with Gasteiger partial charge in [-0.05, 0) is 31.1 Å². The van der Waals surface area contributed by atoms with Crippen LogP contribution in [-0.4, -0.2) is 48.5 Å². The zero-order valence-electron chi connectivity index (χ0n) is 12.7. The first kappa shape index (κ1) is 15.3. The predicted octanol–water partition coefficient (Wildman–Crippen LogP) is 2.67. The molecule has 1 aliphatic heterocycles. The summed E-state index contributed by atoms with van der Waals surface area (Å²) >= 11 is 0. The largest absolute Gasteiger partial charge is 0.389 e. The molecule has 0 amide bonds. The van der Waals surface area contributed by atoms with Crippen LogP contribution in [0, 0.1) is 11.8 Å². The normalized spacial score (nSPS) is 32.4. The minimum atomic E-state index is -0.320. The van der Waals surface area contributed by atoms with E-state index in [9.17, 15) is 5.11 Å². The first-order chi connectivity index (χ1) is 9.13. The standard InChI is InChI=1S/C16H31NO2/c1-13-8-14(2)10-17(9-13)11-15(18)12-19-16-6-4-3-5-7-16/h13-16,18H,3-12H2,1-2H3/t13-,14-,15-/m0/s1. The van der Waals surface area contributed by atoms with Gasteiger partial charge in [-0.25, -0.2) is 0 Å². The van der Waals surface area contributed by atoms with Crippen molar-refractivity contribution < 1.29 is 9.84 Å². The molecule has 19 heavy (non-hydrogen) atoms. The van der Waals surface area contributed by atoms with Gasteiger partial charge in [0.05, 0.1) is 18.8 Å². The first-order valence-corrected chi connectivity index (χ1v) is 8.15. The topological polar surface area (TPSA) is 32.7 Å². The Labute approximate surface area is 118 Å². The third-order valence-corrected chi connectivity index (χ3v) is 4.49. The number of likely N-dealkylation sites (tertiary alicyclic amines) is 1. The van der Waals surface area contributed by atoms with E-state index < -0.39 is 0 Å². The molecule has 112 valence electrons. The van der Waals surface area contributed by atoms with Crippen LogP contribution in [0.25, 0.3) is 0 Å². The fourth-order valence-corrected chi connectivity index (χ4v) is 3.77. The molecule has 0 radical (unpaired) electrons. The second-order valence-corrected chi connectivity index (χ2v) is 6.91. The molecular weight excluding hydrogens is 238 g/mol. The fraction of sp³-hybridized carbons (Fsp3) is 1.00. The summed E-state index contributed by atoms with van der Waals surface area (Å²) in [4.78, 5) is 2.41. The minimum Gasteiger partial charge on any atom is -0.389 e. The smallest absolute Gasteiger partial charge is 0.0900 e. The van der Waals surface area contributed by atoms with Crippen LogP contribution in [0.2, 0.25) is 0 Å². The molecule has 0 aromatic heterocycles. The Morgan fingerprint density at radius 2 is 1.74 bits per heavy atom. The zero-order valence-corrected chi connectivity index (χ0v) is 12.7. The maximum absolute atomic E-state index is 10.1. The Balaban J connectivity index is 1.64. The third kappa shape index (κ3) is 5.41. The summed E-state index contributed by atoms with van der Waals surface area (Å²) in [6, 6.07) is 0. The number of piperidine rings is 1. The molecule has 2 aliphatic rings. The van der Waals surface area contributed by atoms with Crippen molar-refractivity contribution >= 4 is 0 Å². The maximum Gasteiger partial charge on any atom is 0.0900 e. The van der Waals surface area contributed by atoms with Gasteiger partial charge in [0.2, 0.25) is 0 Å². The molecule has 2 rings (SSSR count). The number of β-amino-alcohol motifs (C(OH)–C–C–N with tert-alkyl or cyclic N) is 1. The van der Waals surface area contributed by atoms with Crippen molar-refractivity contribution in [3.8, 4) is 0 Å². The van der Waals surface area contributed by atoms with Gasteiger partial charge in [0.1, 0.15) is 0 Å². The molecule has 0 aromatic carbocycles. The van der Waals surface area contributed by atoms with Gasteiger partial charge in [-0.3, -0.25) is 0 Å². The van der Waals surface area contributed by atoms with E-state index in [-0.39, 0.29) is 6.10 Å². The minimum absolute atomic E-state index is 0.320. The van der Waals surface area contributed by atoms with Gasteiger partial charge in [0.15, 0.2) is 0 Å². The highest BCUT2D eigenvalue weighted by molar-refractivity contribution is 4.77. The lowest BCUT2D eigenvalue weighted by molar-refractivity contribution is -0.0382. The number of hydrogen-bond donors (Lipinski definition) is 1. The average molecular weight is 269 g/mol. The van der Waals surface area contributed by atoms with Crippen LogP contribution in [-0.2, 0) is 4.74 Å². The van der Waals surface area contributed by atoms with Crippen LogP contribution < -0.4 is 0 Å². The molecule has 0 unspecified atom stereocenters. The Hall–Kier alpha value is -0.120. The molecule has 2 fully saturated rings. The Kier molecular flexibility index (Phi) is 6.11. The number of hydrogen-bond acceptors (Lipinski definition) is 3.